The summed E-state index contributed by atoms with van der Waals surface area (Å²) in [6.45, 7) is 3.27. The highest BCUT2D eigenvalue weighted by Crippen LogP contribution is 2.25. The Morgan fingerprint density at radius 2 is 1.53 bits per heavy atom. The maximum absolute atomic E-state index is 13.5. The van der Waals surface area contributed by atoms with E-state index in [2.05, 4.69) is 0 Å². The molecule has 19 heavy (non-hydrogen) atoms. The molecule has 0 atom stereocenters. The molecule has 2 aromatic rings. The number of aryl methyl sites for hydroxylation is 2. The lowest BCUT2D eigenvalue weighted by atomic mass is 9.99. The predicted octanol–water partition coefficient (Wildman–Crippen LogP) is 4.98. The van der Waals surface area contributed by atoms with E-state index in [0.717, 1.165) is 0 Å². The second kappa shape index (κ2) is 5.32. The van der Waals surface area contributed by atoms with Gasteiger partial charge in [0, 0.05) is 11.1 Å². The second-order valence-corrected chi connectivity index (χ2v) is 5.20. The van der Waals surface area contributed by atoms with E-state index >= 15 is 0 Å². The van der Waals surface area contributed by atoms with E-state index in [0.29, 0.717) is 32.3 Å². The first-order valence-corrected chi connectivity index (χ1v) is 6.42. The van der Waals surface area contributed by atoms with Gasteiger partial charge in [0.05, 0.1) is 10.0 Å². The molecule has 0 heterocycles. The molecule has 98 valence electrons. The van der Waals surface area contributed by atoms with E-state index in [4.69, 9.17) is 23.2 Å². The van der Waals surface area contributed by atoms with E-state index in [1.807, 2.05) is 0 Å². The molecule has 0 saturated heterocycles. The van der Waals surface area contributed by atoms with Crippen LogP contribution in [0.3, 0.4) is 0 Å². The minimum atomic E-state index is -0.286. The molecule has 0 aliphatic rings. The Kier molecular flexibility index (Phi) is 3.93. The number of hydrogen-bond acceptors (Lipinski definition) is 1. The molecule has 0 N–H and O–H groups in total. The second-order valence-electron chi connectivity index (χ2n) is 4.38. The average molecular weight is 297 g/mol. The van der Waals surface area contributed by atoms with Gasteiger partial charge in [-0.05, 0) is 55.3 Å². The van der Waals surface area contributed by atoms with Crippen LogP contribution in [-0.2, 0) is 0 Å². The zero-order valence-electron chi connectivity index (χ0n) is 10.4. The van der Waals surface area contributed by atoms with Crippen molar-refractivity contribution in [3.8, 4) is 0 Å². The van der Waals surface area contributed by atoms with Gasteiger partial charge in [-0.25, -0.2) is 4.39 Å². The van der Waals surface area contributed by atoms with E-state index in [9.17, 15) is 9.18 Å². The van der Waals surface area contributed by atoms with E-state index in [1.165, 1.54) is 18.2 Å². The monoisotopic (exact) mass is 296 g/mol. The Bertz CT molecular complexity index is 642. The quantitative estimate of drug-likeness (QED) is 0.714. The van der Waals surface area contributed by atoms with Crippen molar-refractivity contribution in [3.63, 3.8) is 0 Å². The predicted molar refractivity (Wildman–Crippen MR) is 75.8 cm³/mol. The van der Waals surface area contributed by atoms with Crippen molar-refractivity contribution in [3.05, 3.63) is 68.4 Å². The SMILES string of the molecule is Cc1cc(C(=O)c2ccc(Cl)c(Cl)c2)cc(C)c1F. The fourth-order valence-corrected chi connectivity index (χ4v) is 2.18. The third kappa shape index (κ3) is 2.80. The molecule has 4 heteroatoms. The Balaban J connectivity index is 2.47. The maximum Gasteiger partial charge on any atom is 0.193 e. The van der Waals surface area contributed by atoms with Gasteiger partial charge >= 0.3 is 0 Å². The van der Waals surface area contributed by atoms with Crippen molar-refractivity contribution in [2.45, 2.75) is 13.8 Å². The third-order valence-corrected chi connectivity index (χ3v) is 3.62. The summed E-state index contributed by atoms with van der Waals surface area (Å²) in [5.41, 5.74) is 1.77. The minimum absolute atomic E-state index is 0.204. The fourth-order valence-electron chi connectivity index (χ4n) is 1.88. The van der Waals surface area contributed by atoms with Gasteiger partial charge in [0.1, 0.15) is 5.82 Å². The normalized spacial score (nSPS) is 10.6. The van der Waals surface area contributed by atoms with Gasteiger partial charge in [-0.1, -0.05) is 23.2 Å². The summed E-state index contributed by atoms with van der Waals surface area (Å²) in [6, 6.07) is 7.76. The molecule has 2 aromatic carbocycles. The Morgan fingerprint density at radius 3 is 2.05 bits per heavy atom. The van der Waals surface area contributed by atoms with Gasteiger partial charge in [0.15, 0.2) is 5.78 Å². The lowest BCUT2D eigenvalue weighted by Gasteiger charge is -2.07. The van der Waals surface area contributed by atoms with Crippen LogP contribution in [0.15, 0.2) is 30.3 Å². The number of ketones is 1. The number of carbonyl (C=O) groups excluding carboxylic acids is 1. The summed E-state index contributed by atoms with van der Waals surface area (Å²) >= 11 is 11.7. The zero-order valence-corrected chi connectivity index (χ0v) is 11.9. The van der Waals surface area contributed by atoms with Crippen LogP contribution in [0.25, 0.3) is 0 Å². The number of carbonyl (C=O) groups is 1. The van der Waals surface area contributed by atoms with Crippen LogP contribution in [0.2, 0.25) is 10.0 Å². The van der Waals surface area contributed by atoms with Crippen molar-refractivity contribution < 1.29 is 9.18 Å². The highest BCUT2D eigenvalue weighted by Gasteiger charge is 2.13. The molecule has 0 amide bonds. The summed E-state index contributed by atoms with van der Waals surface area (Å²) in [7, 11) is 0. The van der Waals surface area contributed by atoms with Crippen molar-refractivity contribution in [1.29, 1.82) is 0 Å². The van der Waals surface area contributed by atoms with E-state index in [-0.39, 0.29) is 11.6 Å². The average Bonchev–Trinajstić information content (AvgIpc) is 2.37. The minimum Gasteiger partial charge on any atom is -0.289 e. The number of halogens is 3. The molecule has 0 aliphatic heterocycles. The van der Waals surface area contributed by atoms with Gasteiger partial charge in [0.25, 0.3) is 0 Å². The third-order valence-electron chi connectivity index (χ3n) is 2.88. The summed E-state index contributed by atoms with van der Waals surface area (Å²) < 4.78 is 13.5. The molecule has 0 unspecified atom stereocenters. The molecule has 0 aromatic heterocycles. The smallest absolute Gasteiger partial charge is 0.193 e. The van der Waals surface area contributed by atoms with Crippen LogP contribution in [0.1, 0.15) is 27.0 Å². The van der Waals surface area contributed by atoms with E-state index < -0.39 is 0 Å². The molecule has 0 aliphatic carbocycles. The molecule has 0 fully saturated rings. The first kappa shape index (κ1) is 14.0. The van der Waals surface area contributed by atoms with Crippen LogP contribution in [0.5, 0.6) is 0 Å². The lowest BCUT2D eigenvalue weighted by Crippen LogP contribution is -2.03. The summed E-state index contributed by atoms with van der Waals surface area (Å²) in [4.78, 5) is 12.3. The molecule has 1 nitrogen and oxygen atoms in total. The molecule has 2 rings (SSSR count). The summed E-state index contributed by atoms with van der Waals surface area (Å²) in [5.74, 6) is -0.490. The first-order valence-electron chi connectivity index (χ1n) is 5.66. The molecule has 0 radical (unpaired) electrons. The van der Waals surface area contributed by atoms with Gasteiger partial charge in [-0.3, -0.25) is 4.79 Å². The molecule has 0 saturated carbocycles. The number of benzene rings is 2. The van der Waals surface area contributed by atoms with Gasteiger partial charge in [-0.15, -0.1) is 0 Å². The zero-order chi connectivity index (χ0) is 14.2. The van der Waals surface area contributed by atoms with E-state index in [1.54, 1.807) is 26.0 Å². The van der Waals surface area contributed by atoms with Crippen LogP contribution < -0.4 is 0 Å². The lowest BCUT2D eigenvalue weighted by molar-refractivity contribution is 0.103. The van der Waals surface area contributed by atoms with Gasteiger partial charge in [0.2, 0.25) is 0 Å². The maximum atomic E-state index is 13.5. The number of rotatable bonds is 2. The summed E-state index contributed by atoms with van der Waals surface area (Å²) in [6.07, 6.45) is 0. The molecular weight excluding hydrogens is 286 g/mol. The van der Waals surface area contributed by atoms with Gasteiger partial charge < -0.3 is 0 Å². The van der Waals surface area contributed by atoms with Crippen molar-refractivity contribution in [2.75, 3.05) is 0 Å². The van der Waals surface area contributed by atoms with Crippen molar-refractivity contribution in [2.24, 2.45) is 0 Å². The Morgan fingerprint density at radius 1 is 0.947 bits per heavy atom. The molecule has 0 bridgehead atoms. The first-order chi connectivity index (χ1) is 8.90. The molecular formula is C15H11Cl2FO. The van der Waals surface area contributed by atoms with Crippen LogP contribution >= 0.6 is 23.2 Å². The topological polar surface area (TPSA) is 17.1 Å². The van der Waals surface area contributed by atoms with Crippen molar-refractivity contribution >= 4 is 29.0 Å². The Labute approximate surface area is 121 Å². The fraction of sp³-hybridized carbons (Fsp3) is 0.133. The van der Waals surface area contributed by atoms with Crippen LogP contribution in [0.4, 0.5) is 4.39 Å². The van der Waals surface area contributed by atoms with Crippen LogP contribution in [0, 0.1) is 19.7 Å². The summed E-state index contributed by atoms with van der Waals surface area (Å²) in [5, 5.41) is 0.716. The van der Waals surface area contributed by atoms with Crippen LogP contribution in [-0.4, -0.2) is 5.78 Å². The number of hydrogen-bond donors (Lipinski definition) is 0. The highest BCUT2D eigenvalue weighted by atomic mass is 35.5. The Hall–Kier alpha value is -1.38. The standard InChI is InChI=1S/C15H11Cl2FO/c1-8-5-11(6-9(2)14(8)18)15(19)10-3-4-12(16)13(17)7-10/h3-7H,1-2H3. The largest absolute Gasteiger partial charge is 0.289 e. The highest BCUT2D eigenvalue weighted by molar-refractivity contribution is 6.42. The molecule has 0 spiro atoms. The van der Waals surface area contributed by atoms with Crippen molar-refractivity contribution in [1.82, 2.24) is 0 Å². The van der Waals surface area contributed by atoms with Gasteiger partial charge in [-0.2, -0.15) is 0 Å².